The van der Waals surface area contributed by atoms with Gasteiger partial charge in [0.15, 0.2) is 6.29 Å². The van der Waals surface area contributed by atoms with Crippen LogP contribution in [0.3, 0.4) is 0 Å². The van der Waals surface area contributed by atoms with Gasteiger partial charge in [-0.25, -0.2) is 0 Å². The topological polar surface area (TPSA) is 49.9 Å². The molecule has 1 aromatic heterocycles. The molecule has 0 saturated carbocycles. The Labute approximate surface area is 65.6 Å². The van der Waals surface area contributed by atoms with Crippen LogP contribution in [-0.4, -0.2) is 16.9 Å². The van der Waals surface area contributed by atoms with Gasteiger partial charge in [-0.1, -0.05) is 11.5 Å². The van der Waals surface area contributed by atoms with Crippen LogP contribution in [0.2, 0.25) is 0 Å². The molecule has 5 heteroatoms. The van der Waals surface area contributed by atoms with Gasteiger partial charge in [-0.05, 0) is 6.26 Å². The van der Waals surface area contributed by atoms with Crippen LogP contribution in [-0.2, 0) is 0 Å². The summed E-state index contributed by atoms with van der Waals surface area (Å²) in [5.41, 5.74) is -0.0400. The van der Waals surface area contributed by atoms with Crippen molar-refractivity contribution >= 4 is 29.6 Å². The molecule has 1 N–H and O–H groups in total. The Kier molecular flexibility index (Phi) is 2.29. The monoisotopic (exact) mass is 175 g/mol. The van der Waals surface area contributed by atoms with Crippen LogP contribution in [0.5, 0.6) is 0 Å². The second-order valence-electron chi connectivity index (χ2n) is 1.56. The van der Waals surface area contributed by atoms with Gasteiger partial charge in [-0.3, -0.25) is 14.0 Å². The number of thioether (sulfide) groups is 1. The zero-order chi connectivity index (χ0) is 7.56. The van der Waals surface area contributed by atoms with Crippen molar-refractivity contribution in [3.63, 3.8) is 0 Å². The highest BCUT2D eigenvalue weighted by Crippen LogP contribution is 2.19. The fraction of sp³-hybridized carbons (Fsp3) is 0.200. The predicted octanol–water partition coefficient (Wildman–Crippen LogP) is 0.971. The molecule has 1 heterocycles. The normalized spacial score (nSPS) is 9.70. The molecular weight excluding hydrogens is 170 g/mol. The first-order valence-electron chi connectivity index (χ1n) is 2.50. The average Bonchev–Trinajstić information content (AvgIpc) is 2.30. The Morgan fingerprint density at radius 2 is 2.40 bits per heavy atom. The van der Waals surface area contributed by atoms with Crippen molar-refractivity contribution in [2.45, 2.75) is 4.21 Å². The van der Waals surface area contributed by atoms with Gasteiger partial charge >= 0.3 is 0 Å². The molecule has 0 radical (unpaired) electrons. The summed E-state index contributed by atoms with van der Waals surface area (Å²) < 4.78 is 3.22. The van der Waals surface area contributed by atoms with E-state index in [1.807, 2.05) is 6.26 Å². The highest BCUT2D eigenvalue weighted by atomic mass is 32.2. The van der Waals surface area contributed by atoms with Crippen LogP contribution in [0.1, 0.15) is 10.4 Å². The molecule has 3 nitrogen and oxygen atoms in total. The third kappa shape index (κ3) is 1.15. The van der Waals surface area contributed by atoms with Gasteiger partial charge in [-0.15, -0.1) is 11.8 Å². The van der Waals surface area contributed by atoms with Crippen molar-refractivity contribution in [3.8, 4) is 0 Å². The molecule has 0 amide bonds. The Morgan fingerprint density at radius 3 is 2.80 bits per heavy atom. The first-order chi connectivity index (χ1) is 4.79. The molecule has 0 aliphatic carbocycles. The molecule has 0 aliphatic heterocycles. The largest absolute Gasteiger partial charge is 0.298 e. The first-order valence-corrected chi connectivity index (χ1v) is 4.54. The number of aldehydes is 1. The summed E-state index contributed by atoms with van der Waals surface area (Å²) in [5.74, 6) is 0. The summed E-state index contributed by atoms with van der Waals surface area (Å²) >= 11 is 2.59. The lowest BCUT2D eigenvalue weighted by Gasteiger charge is -1.83. The van der Waals surface area contributed by atoms with Crippen LogP contribution in [0.15, 0.2) is 9.00 Å². The van der Waals surface area contributed by atoms with E-state index in [9.17, 15) is 9.59 Å². The summed E-state index contributed by atoms with van der Waals surface area (Å²) in [7, 11) is 0. The number of hydrogen-bond acceptors (Lipinski definition) is 4. The molecule has 10 heavy (non-hydrogen) atoms. The molecule has 0 unspecified atom stereocenters. The van der Waals surface area contributed by atoms with E-state index in [0.717, 1.165) is 4.21 Å². The predicted molar refractivity (Wildman–Crippen MR) is 42.1 cm³/mol. The first kappa shape index (κ1) is 7.56. The maximum Gasteiger partial charge on any atom is 0.269 e. The van der Waals surface area contributed by atoms with Crippen molar-refractivity contribution in [1.82, 2.24) is 4.37 Å². The van der Waals surface area contributed by atoms with E-state index in [1.54, 1.807) is 0 Å². The third-order valence-corrected chi connectivity index (χ3v) is 3.04. The number of aromatic nitrogens is 1. The highest BCUT2D eigenvalue weighted by Gasteiger charge is 2.06. The number of nitrogens with one attached hydrogen (secondary N) is 1. The quantitative estimate of drug-likeness (QED) is 0.538. The highest BCUT2D eigenvalue weighted by molar-refractivity contribution is 8.00. The molecule has 0 atom stereocenters. The van der Waals surface area contributed by atoms with Gasteiger partial charge in [0.05, 0.1) is 4.21 Å². The summed E-state index contributed by atoms with van der Waals surface area (Å²) in [6.07, 6.45) is 2.41. The van der Waals surface area contributed by atoms with Crippen molar-refractivity contribution in [3.05, 3.63) is 15.9 Å². The van der Waals surface area contributed by atoms with Gasteiger partial charge < -0.3 is 0 Å². The number of H-pyrrole nitrogens is 1. The number of aromatic amines is 1. The average molecular weight is 175 g/mol. The van der Waals surface area contributed by atoms with Gasteiger partial charge in [0, 0.05) is 0 Å². The Balaban J connectivity index is 3.26. The summed E-state index contributed by atoms with van der Waals surface area (Å²) in [4.78, 5) is 21.0. The molecule has 0 saturated heterocycles. The van der Waals surface area contributed by atoms with E-state index in [2.05, 4.69) is 4.37 Å². The fourth-order valence-corrected chi connectivity index (χ4v) is 1.91. The molecule has 0 aromatic carbocycles. The van der Waals surface area contributed by atoms with E-state index in [0.29, 0.717) is 6.29 Å². The minimum absolute atomic E-state index is 0.248. The summed E-state index contributed by atoms with van der Waals surface area (Å²) in [5, 5.41) is 0. The fourth-order valence-electron chi connectivity index (χ4n) is 0.549. The molecule has 1 aromatic rings. The smallest absolute Gasteiger partial charge is 0.269 e. The Bertz CT molecular complexity index is 288. The number of hydrogen-bond donors (Lipinski definition) is 1. The van der Waals surface area contributed by atoms with Gasteiger partial charge in [0.25, 0.3) is 5.56 Å². The second-order valence-corrected chi connectivity index (χ2v) is 3.45. The number of carbonyl (C=O) groups is 1. The summed E-state index contributed by atoms with van der Waals surface area (Å²) in [6, 6.07) is 0. The summed E-state index contributed by atoms with van der Waals surface area (Å²) in [6.45, 7) is 0. The van der Waals surface area contributed by atoms with E-state index in [4.69, 9.17) is 0 Å². The van der Waals surface area contributed by atoms with Crippen LogP contribution in [0.4, 0.5) is 0 Å². The zero-order valence-corrected chi connectivity index (χ0v) is 6.84. The lowest BCUT2D eigenvalue weighted by atomic mass is 10.4. The molecule has 0 spiro atoms. The standard InChI is InChI=1S/C5H5NO2S2/c1-9-5-3(2-7)4(8)6-10-5/h2H,1H3,(H,6,8). The lowest BCUT2D eigenvalue weighted by Crippen LogP contribution is -2.03. The van der Waals surface area contributed by atoms with Crippen molar-refractivity contribution < 1.29 is 4.79 Å². The molecule has 54 valence electrons. The molecule has 1 rings (SSSR count). The third-order valence-electron chi connectivity index (χ3n) is 1.00. The second kappa shape index (κ2) is 3.03. The minimum atomic E-state index is -0.288. The SMILES string of the molecule is CSc1s[nH]c(=O)c1C=O. The van der Waals surface area contributed by atoms with E-state index in [-0.39, 0.29) is 11.1 Å². The van der Waals surface area contributed by atoms with Crippen LogP contribution < -0.4 is 5.56 Å². The van der Waals surface area contributed by atoms with Crippen LogP contribution >= 0.6 is 23.3 Å². The van der Waals surface area contributed by atoms with Gasteiger partial charge in [0.2, 0.25) is 0 Å². The minimum Gasteiger partial charge on any atom is -0.298 e. The van der Waals surface area contributed by atoms with Crippen molar-refractivity contribution in [2.75, 3.05) is 6.26 Å². The van der Waals surface area contributed by atoms with E-state index >= 15 is 0 Å². The van der Waals surface area contributed by atoms with Gasteiger partial charge in [-0.2, -0.15) is 0 Å². The Morgan fingerprint density at radius 1 is 1.70 bits per heavy atom. The van der Waals surface area contributed by atoms with Crippen molar-refractivity contribution in [2.24, 2.45) is 0 Å². The Hall–Kier alpha value is -0.550. The zero-order valence-electron chi connectivity index (χ0n) is 5.21. The van der Waals surface area contributed by atoms with Crippen molar-refractivity contribution in [1.29, 1.82) is 0 Å². The number of carbonyl (C=O) groups excluding carboxylic acids is 1. The van der Waals surface area contributed by atoms with Crippen LogP contribution in [0.25, 0.3) is 0 Å². The molecule has 0 bridgehead atoms. The molecule has 0 fully saturated rings. The lowest BCUT2D eigenvalue weighted by molar-refractivity contribution is 0.112. The van der Waals surface area contributed by atoms with Crippen LogP contribution in [0, 0.1) is 0 Å². The van der Waals surface area contributed by atoms with E-state index < -0.39 is 0 Å². The maximum atomic E-state index is 10.7. The maximum absolute atomic E-state index is 10.7. The molecular formula is C5H5NO2S2. The van der Waals surface area contributed by atoms with Gasteiger partial charge in [0.1, 0.15) is 5.56 Å². The van der Waals surface area contributed by atoms with E-state index in [1.165, 1.54) is 23.3 Å². The number of rotatable bonds is 2. The molecule has 0 aliphatic rings.